The number of aromatic nitrogens is 1. The van der Waals surface area contributed by atoms with Crippen LogP contribution in [0.1, 0.15) is 20.8 Å². The maximum atomic E-state index is 12.8. The van der Waals surface area contributed by atoms with E-state index in [1.54, 1.807) is 28.8 Å². The molecule has 4 rings (SSSR count). The highest BCUT2D eigenvalue weighted by molar-refractivity contribution is 7.99. The van der Waals surface area contributed by atoms with Crippen molar-refractivity contribution in [3.05, 3.63) is 59.8 Å². The van der Waals surface area contributed by atoms with E-state index in [4.69, 9.17) is 4.74 Å². The summed E-state index contributed by atoms with van der Waals surface area (Å²) in [4.78, 5) is 28.1. The molecule has 2 heterocycles. The smallest absolute Gasteiger partial charge is 0.337 e. The molecular weight excluding hydrogens is 348 g/mol. The largest absolute Gasteiger partial charge is 0.465 e. The molecule has 3 aromatic rings. The normalized spacial score (nSPS) is 13.8. The van der Waals surface area contributed by atoms with Gasteiger partial charge in [0.2, 0.25) is 0 Å². The predicted molar refractivity (Wildman–Crippen MR) is 101 cm³/mol. The van der Waals surface area contributed by atoms with Crippen LogP contribution in [-0.4, -0.2) is 42.0 Å². The number of likely N-dealkylation sites (N-methyl/N-ethyl adjacent to an activating group) is 1. The Morgan fingerprint density at radius 3 is 2.54 bits per heavy atom. The monoisotopic (exact) mass is 366 g/mol. The van der Waals surface area contributed by atoms with Gasteiger partial charge >= 0.3 is 5.97 Å². The summed E-state index contributed by atoms with van der Waals surface area (Å²) >= 11 is 1.55. The van der Waals surface area contributed by atoms with E-state index in [0.717, 1.165) is 32.9 Å². The lowest BCUT2D eigenvalue weighted by molar-refractivity contribution is 0.0600. The van der Waals surface area contributed by atoms with Crippen LogP contribution in [0.25, 0.3) is 10.9 Å². The zero-order valence-electron chi connectivity index (χ0n) is 14.6. The van der Waals surface area contributed by atoms with Gasteiger partial charge in [-0.15, -0.1) is 0 Å². The fourth-order valence-corrected chi connectivity index (χ4v) is 4.33. The third-order valence-electron chi connectivity index (χ3n) is 4.63. The van der Waals surface area contributed by atoms with Crippen LogP contribution < -0.4 is 0 Å². The Labute approximate surface area is 155 Å². The zero-order valence-corrected chi connectivity index (χ0v) is 15.4. The average molecular weight is 366 g/mol. The van der Waals surface area contributed by atoms with Crippen molar-refractivity contribution in [1.82, 2.24) is 9.47 Å². The summed E-state index contributed by atoms with van der Waals surface area (Å²) < 4.78 is 6.85. The minimum absolute atomic E-state index is 0.0427. The molecule has 6 heteroatoms. The molecule has 0 fully saturated rings. The van der Waals surface area contributed by atoms with Gasteiger partial charge in [-0.1, -0.05) is 30.0 Å². The number of rotatable bonds is 3. The summed E-state index contributed by atoms with van der Waals surface area (Å²) in [6, 6.07) is 15.4. The summed E-state index contributed by atoms with van der Waals surface area (Å²) in [7, 11) is 3.20. The van der Waals surface area contributed by atoms with E-state index in [-0.39, 0.29) is 11.9 Å². The van der Waals surface area contributed by atoms with Crippen LogP contribution >= 0.6 is 11.8 Å². The van der Waals surface area contributed by atoms with Crippen molar-refractivity contribution < 1.29 is 14.3 Å². The van der Waals surface area contributed by atoms with Gasteiger partial charge in [0.05, 0.1) is 17.6 Å². The van der Waals surface area contributed by atoms with E-state index in [9.17, 15) is 9.59 Å². The molecule has 5 nitrogen and oxygen atoms in total. The second-order valence-corrected chi connectivity index (χ2v) is 7.28. The molecular formula is C20H18N2O3S. The molecule has 0 unspecified atom stereocenters. The number of esters is 1. The minimum Gasteiger partial charge on any atom is -0.465 e. The number of carbonyl (C=O) groups is 2. The van der Waals surface area contributed by atoms with Gasteiger partial charge in [-0.05, 0) is 30.3 Å². The Balaban J connectivity index is 1.79. The maximum absolute atomic E-state index is 12.8. The summed E-state index contributed by atoms with van der Waals surface area (Å²) in [5.41, 5.74) is 2.33. The maximum Gasteiger partial charge on any atom is 0.337 e. The summed E-state index contributed by atoms with van der Waals surface area (Å²) in [5.74, 6) is -0.314. The second-order valence-electron chi connectivity index (χ2n) is 6.19. The Kier molecular flexibility index (Phi) is 4.20. The molecule has 1 aliphatic rings. The topological polar surface area (TPSA) is 51.5 Å². The number of benzene rings is 2. The number of fused-ring (bicyclic) bond motifs is 3. The van der Waals surface area contributed by atoms with Gasteiger partial charge in [-0.2, -0.15) is 0 Å². The highest BCUT2D eigenvalue weighted by Gasteiger charge is 2.29. The standard InChI is InChI=1S/C20H18N2O3S/c1-21-11-12-22-16-6-4-3-5-15(16)18(17(22)19(21)23)26-14-9-7-13(8-10-14)20(24)25-2/h3-10H,11-12H2,1-2H3. The third-order valence-corrected chi connectivity index (χ3v) is 5.75. The van der Waals surface area contributed by atoms with Gasteiger partial charge in [0.15, 0.2) is 0 Å². The van der Waals surface area contributed by atoms with Gasteiger partial charge in [0.25, 0.3) is 5.91 Å². The van der Waals surface area contributed by atoms with Crippen LogP contribution in [0.5, 0.6) is 0 Å². The molecule has 1 aromatic heterocycles. The van der Waals surface area contributed by atoms with E-state index in [0.29, 0.717) is 12.1 Å². The zero-order chi connectivity index (χ0) is 18.3. The summed E-state index contributed by atoms with van der Waals surface area (Å²) in [6.07, 6.45) is 0. The molecule has 0 radical (unpaired) electrons. The van der Waals surface area contributed by atoms with E-state index >= 15 is 0 Å². The number of methoxy groups -OCH3 is 1. The number of hydrogen-bond acceptors (Lipinski definition) is 4. The quantitative estimate of drug-likeness (QED) is 0.664. The van der Waals surface area contributed by atoms with Crippen molar-refractivity contribution >= 4 is 34.5 Å². The van der Waals surface area contributed by atoms with Crippen molar-refractivity contribution in [3.8, 4) is 0 Å². The molecule has 0 spiro atoms. The Bertz CT molecular complexity index is 1010. The first-order valence-corrected chi connectivity index (χ1v) is 9.14. The molecule has 26 heavy (non-hydrogen) atoms. The number of hydrogen-bond donors (Lipinski definition) is 0. The number of para-hydroxylation sites is 1. The van der Waals surface area contributed by atoms with Gasteiger partial charge in [-0.3, -0.25) is 4.79 Å². The second kappa shape index (κ2) is 6.53. The Morgan fingerprint density at radius 2 is 1.81 bits per heavy atom. The molecule has 2 aromatic carbocycles. The lowest BCUT2D eigenvalue weighted by Crippen LogP contribution is -2.37. The van der Waals surface area contributed by atoms with Crippen LogP contribution in [0, 0.1) is 0 Å². The molecule has 0 aliphatic carbocycles. The molecule has 0 saturated carbocycles. The van der Waals surface area contributed by atoms with E-state index < -0.39 is 0 Å². The van der Waals surface area contributed by atoms with Crippen molar-refractivity contribution in [1.29, 1.82) is 0 Å². The van der Waals surface area contributed by atoms with Crippen LogP contribution in [-0.2, 0) is 11.3 Å². The third kappa shape index (κ3) is 2.66. The van der Waals surface area contributed by atoms with Crippen LogP contribution in [0.4, 0.5) is 0 Å². The summed E-state index contributed by atoms with van der Waals surface area (Å²) in [6.45, 7) is 1.50. The first-order valence-electron chi connectivity index (χ1n) is 8.33. The van der Waals surface area contributed by atoms with Crippen LogP contribution in [0.3, 0.4) is 0 Å². The Hall–Kier alpha value is -2.73. The number of amides is 1. The lowest BCUT2D eigenvalue weighted by Gasteiger charge is -2.25. The molecule has 0 N–H and O–H groups in total. The van der Waals surface area contributed by atoms with Gasteiger partial charge < -0.3 is 14.2 Å². The first kappa shape index (κ1) is 16.7. The van der Waals surface area contributed by atoms with Crippen LogP contribution in [0.15, 0.2) is 58.3 Å². The van der Waals surface area contributed by atoms with Gasteiger partial charge in [0, 0.05) is 35.9 Å². The Morgan fingerprint density at radius 1 is 1.08 bits per heavy atom. The number of carbonyl (C=O) groups excluding carboxylic acids is 2. The summed E-state index contributed by atoms with van der Waals surface area (Å²) in [5, 5.41) is 1.08. The van der Waals surface area contributed by atoms with Gasteiger partial charge in [0.1, 0.15) is 5.69 Å². The SMILES string of the molecule is COC(=O)c1ccc(Sc2c3n(c4ccccc24)CCN(C)C3=O)cc1. The molecule has 1 aliphatic heterocycles. The van der Waals surface area contributed by atoms with E-state index in [1.807, 2.05) is 31.3 Å². The fraction of sp³-hybridized carbons (Fsp3) is 0.200. The molecule has 1 amide bonds. The van der Waals surface area contributed by atoms with E-state index in [2.05, 4.69) is 16.7 Å². The minimum atomic E-state index is -0.356. The number of ether oxygens (including phenoxy) is 1. The molecule has 0 atom stereocenters. The fourth-order valence-electron chi connectivity index (χ4n) is 3.25. The average Bonchev–Trinajstić information content (AvgIpc) is 2.99. The van der Waals surface area contributed by atoms with Crippen molar-refractivity contribution in [2.24, 2.45) is 0 Å². The van der Waals surface area contributed by atoms with Crippen LogP contribution in [0.2, 0.25) is 0 Å². The number of nitrogens with zero attached hydrogens (tertiary/aromatic N) is 2. The van der Waals surface area contributed by atoms with E-state index in [1.165, 1.54) is 7.11 Å². The lowest BCUT2D eigenvalue weighted by atomic mass is 10.2. The highest BCUT2D eigenvalue weighted by Crippen LogP contribution is 2.40. The molecule has 132 valence electrons. The predicted octanol–water partition coefficient (Wildman–Crippen LogP) is 3.66. The van der Waals surface area contributed by atoms with Crippen molar-refractivity contribution in [2.45, 2.75) is 16.3 Å². The van der Waals surface area contributed by atoms with Crippen molar-refractivity contribution in [3.63, 3.8) is 0 Å². The molecule has 0 saturated heterocycles. The first-order chi connectivity index (χ1) is 12.6. The van der Waals surface area contributed by atoms with Gasteiger partial charge in [-0.25, -0.2) is 4.79 Å². The van der Waals surface area contributed by atoms with Crippen molar-refractivity contribution in [2.75, 3.05) is 20.7 Å². The molecule has 0 bridgehead atoms. The highest BCUT2D eigenvalue weighted by atomic mass is 32.2.